The van der Waals surface area contributed by atoms with Crippen LogP contribution in [0.3, 0.4) is 0 Å². The molecule has 0 fully saturated rings. The number of rotatable bonds is 8. The molecule has 10 aromatic carbocycles. The quantitative estimate of drug-likeness (QED) is 0.0418. The van der Waals surface area contributed by atoms with E-state index in [0.717, 1.165) is 138 Å². The maximum atomic E-state index is 13.3. The molecular weight excluding hydrogens is 2840 g/mol. The molecule has 50 heteroatoms. The topological polar surface area (TPSA) is 364 Å². The number of anilines is 3. The third kappa shape index (κ3) is 44.2. The van der Waals surface area contributed by atoms with Crippen LogP contribution in [-0.4, -0.2) is 111 Å². The first-order chi connectivity index (χ1) is 69.7. The Morgan fingerprint density at radius 1 is 0.577 bits per heavy atom. The van der Waals surface area contributed by atoms with Gasteiger partial charge in [0.2, 0.25) is 11.6 Å². The van der Waals surface area contributed by atoms with E-state index in [9.17, 15) is 62.8 Å². The number of halogens is 20. The summed E-state index contributed by atoms with van der Waals surface area (Å²) in [5.41, 5.74) is 19.5. The molecule has 0 radical (unpaired) electrons. The number of nitro benzene ring substituents is 2. The number of aryl methyl sites for hydroxylation is 4. The molecule has 0 saturated heterocycles. The van der Waals surface area contributed by atoms with Gasteiger partial charge in [0.25, 0.3) is 0 Å². The highest BCUT2D eigenvalue weighted by molar-refractivity contribution is 9.12. The monoisotopic (exact) mass is 2920 g/mol. The summed E-state index contributed by atoms with van der Waals surface area (Å²) in [6.07, 6.45) is 13.7. The fourth-order valence-corrected chi connectivity index (χ4v) is 17.9. The summed E-state index contributed by atoms with van der Waals surface area (Å²) in [7, 11) is -6.29. The molecule has 5 N–H and O–H groups in total. The molecule has 1 aliphatic carbocycles. The summed E-state index contributed by atoms with van der Waals surface area (Å²) in [6.45, 7) is 20.7. The van der Waals surface area contributed by atoms with E-state index in [4.69, 9.17) is 25.7 Å². The molecule has 1 unspecified atom stereocenters. The lowest BCUT2D eigenvalue weighted by Crippen LogP contribution is -2.23. The summed E-state index contributed by atoms with van der Waals surface area (Å²) in [4.78, 5) is 71.2. The highest BCUT2D eigenvalue weighted by atomic mass is 79.9. The third-order valence-corrected chi connectivity index (χ3v) is 27.5. The summed E-state index contributed by atoms with van der Waals surface area (Å²) in [6, 6.07) is 61.3. The van der Waals surface area contributed by atoms with E-state index in [2.05, 4.69) is 353 Å². The SMILES string of the molecule is Brc1ccc2ncnn2c1.Brc1ccc2scnc2c1.Brc1cnc2c(c1)OCCN2.Brc1cncnc1.CC(C)(C)OC(=O)c1cccc(Br)c1.CC(C)(C)c1ccc(Br)cc1.CCOC(C)c1cccc(Br)c1.Cc1ccc(Br)cc1.Cn1ncc2cc(Br)ccc21.Cn1nnn(-c2cc([N+](=O)[O-])c(F)cc2Br)c1=O.Nc1cc(Br)cc(S(F)(F)(F)(F)F)c1.Nc1cc([N+](=O)[O-])c(F)cc1Br.O=C1CCc2ccc(Br)cc21. The van der Waals surface area contributed by atoms with E-state index in [1.165, 1.54) is 52.0 Å². The predicted octanol–water partition coefficient (Wildman–Crippen LogP) is 33.4. The van der Waals surface area contributed by atoms with Gasteiger partial charge in [0.05, 0.1) is 71.3 Å². The second-order valence-corrected chi connectivity index (χ2v) is 47.8. The van der Waals surface area contributed by atoms with Crippen LogP contribution in [-0.2, 0) is 35.4 Å². The Kier molecular flexibility index (Phi) is 49.6. The number of carbonyl (C=O) groups excluding carboxylic acids is 2. The number of ether oxygens (including phenoxy) is 3. The number of pyridine rings is 2. The van der Waals surface area contributed by atoms with Gasteiger partial charge in [0.15, 0.2) is 23.0 Å². The Morgan fingerprint density at radius 3 is 1.74 bits per heavy atom. The summed E-state index contributed by atoms with van der Waals surface area (Å²) >= 11 is 43.7. The third-order valence-electron chi connectivity index (χ3n) is 18.9. The smallest absolute Gasteiger partial charge is 0.368 e. The van der Waals surface area contributed by atoms with Gasteiger partial charge in [-0.25, -0.2) is 39.0 Å². The lowest BCUT2D eigenvalue weighted by Gasteiger charge is -2.40. The number of nitrogens with two attached hydrogens (primary N) is 2. The van der Waals surface area contributed by atoms with Crippen LogP contribution in [0, 0.1) is 38.8 Å². The minimum Gasteiger partial charge on any atom is -0.488 e. The van der Waals surface area contributed by atoms with Gasteiger partial charge in [-0.15, -0.1) is 11.3 Å². The van der Waals surface area contributed by atoms with Gasteiger partial charge in [-0.1, -0.05) is 222 Å². The van der Waals surface area contributed by atoms with Crippen molar-refractivity contribution in [1.82, 2.24) is 64.1 Å². The van der Waals surface area contributed by atoms with Crippen LogP contribution in [0.5, 0.6) is 5.75 Å². The minimum atomic E-state index is -9.61. The molecule has 0 spiro atoms. The zero-order valence-corrected chi connectivity index (χ0v) is 103. The molecule has 17 aromatic rings. The molecule has 790 valence electrons. The van der Waals surface area contributed by atoms with Crippen LogP contribution < -0.4 is 27.2 Å². The number of benzene rings is 10. The van der Waals surface area contributed by atoms with Crippen molar-refractivity contribution in [1.29, 1.82) is 0 Å². The molecule has 2 aliphatic rings. The van der Waals surface area contributed by atoms with Crippen LogP contribution in [0.1, 0.15) is 111 Å². The molecule has 1 atom stereocenters. The number of nitrogen functional groups attached to an aromatic ring is 2. The lowest BCUT2D eigenvalue weighted by molar-refractivity contribution is -0.387. The maximum absolute atomic E-state index is 13.3. The van der Waals surface area contributed by atoms with Gasteiger partial charge >= 0.3 is 33.3 Å². The van der Waals surface area contributed by atoms with Gasteiger partial charge in [-0.3, -0.25) is 29.7 Å². The zero-order chi connectivity index (χ0) is 111. The number of nitro groups is 2. The number of tetrazole rings is 1. The first-order valence-corrected chi connectivity index (χ1v) is 56.3. The van der Waals surface area contributed by atoms with Crippen molar-refractivity contribution < 1.29 is 61.9 Å². The Balaban J connectivity index is 0.000000219. The first kappa shape index (κ1) is 126. The maximum Gasteiger partial charge on any atom is 0.368 e. The van der Waals surface area contributed by atoms with Gasteiger partial charge in [-0.2, -0.15) is 28.3 Å². The molecule has 8 heterocycles. The fourth-order valence-electron chi connectivity index (χ4n) is 11.8. The summed E-state index contributed by atoms with van der Waals surface area (Å²) in [5.74, 6) is -0.265. The summed E-state index contributed by atoms with van der Waals surface area (Å²) in [5, 5.41) is 40.2. The number of carbonyl (C=O) groups is 2. The van der Waals surface area contributed by atoms with Crippen LogP contribution in [0.4, 0.5) is 56.8 Å². The summed E-state index contributed by atoms with van der Waals surface area (Å²) < 4.78 is 120. The average molecular weight is 2930 g/mol. The van der Waals surface area contributed by atoms with Crippen LogP contribution in [0.25, 0.3) is 32.5 Å². The molecular formula is C99H92Br13F7N18O10S2. The Labute approximate surface area is 965 Å². The molecule has 149 heavy (non-hydrogen) atoms. The predicted molar refractivity (Wildman–Crippen MR) is 620 cm³/mol. The van der Waals surface area contributed by atoms with Crippen molar-refractivity contribution in [2.24, 2.45) is 14.1 Å². The van der Waals surface area contributed by atoms with Crippen molar-refractivity contribution in [3.63, 3.8) is 0 Å². The Morgan fingerprint density at radius 2 is 1.16 bits per heavy atom. The first-order valence-electron chi connectivity index (χ1n) is 43.2. The number of fused-ring (bicyclic) bond motifs is 5. The van der Waals surface area contributed by atoms with Crippen LogP contribution in [0.15, 0.2) is 329 Å². The Hall–Kier alpha value is -9.52. The standard InChI is InChI=1S/C11H13BrO2.C10H13BrO.C10H13Br.C9H7BrO.C8H5BrFN5O3.C8H7BrN2.C7H7BrN2O.C7H4BrNS.C7H7Br.C6H5BrF5NS.C6H4BrFN2O2.C6H4BrN3.C4H3BrN2/c1-11(2,3)14-10(13)8-5-4-6-9(12)7-8;1-3-12-8(2)9-5-4-6-10(11)7-9;1-10(2,3)8-4-6-9(11)7-5-8;10-7-3-1-6-2-4-9(11)8(6)5-7;1-13-8(16)14(12-11-13)6-3-7(15(17)18)5(10)2-4(6)9;1-11-8-3-2-7(9)4-6(8)5-10-11;8-5-3-6-7(10-4-5)9-1-2-11-6;8-5-1-2-7-6(3-5)9-4-10-7;1-6-2-4-7(8)5-3-6;7-4-1-5(13)3-6(2-4)14(8,9,10,11)12;7-3-1-4(8)6(10(11)12)2-5(3)9;7-5-1-2-6-8-4-9-10(6)3-5;5-4-1-6-3-7-2-4/h4-7H,1-3H3;4-8H,3H2,1-2H3;4-7H,1-3H3;1,3,5H,2,4H2;2-3H,1H3;2-5H,1H3;3-4H,1-2H2,(H,9,10);1-4H;2-5H,1H3;1-3H,13H2;1-2H,9H2;1-4H;1-3H. The van der Waals surface area contributed by atoms with E-state index in [0.29, 0.717) is 29.1 Å². The van der Waals surface area contributed by atoms with E-state index in [1.807, 2.05) is 154 Å². The number of nitrogens with zero attached hydrogens (tertiary/aromatic N) is 15. The van der Waals surface area contributed by atoms with Crippen molar-refractivity contribution in [3.8, 4) is 11.4 Å². The van der Waals surface area contributed by atoms with E-state index in [1.54, 1.807) is 46.6 Å². The highest BCUT2D eigenvalue weighted by Gasteiger charge is 2.65. The second kappa shape index (κ2) is 58.5. The van der Waals surface area contributed by atoms with Crippen molar-refractivity contribution >= 4 is 296 Å². The highest BCUT2D eigenvalue weighted by Crippen LogP contribution is 3.02. The van der Waals surface area contributed by atoms with Crippen LogP contribution in [0.2, 0.25) is 0 Å². The largest absolute Gasteiger partial charge is 0.488 e. The molecule has 0 saturated carbocycles. The number of aromatic nitrogens is 13. The van der Waals surface area contributed by atoms with Crippen molar-refractivity contribution in [2.75, 3.05) is 36.5 Å². The number of Topliss-reactive ketones (excluding diaryl/α,β-unsaturated/α-hetero) is 1. The van der Waals surface area contributed by atoms with E-state index in [-0.39, 0.29) is 55.3 Å². The second-order valence-electron chi connectivity index (χ2n) is 32.7. The average Bonchev–Trinajstić information content (AvgIpc) is 1.26. The number of thiazole rings is 1. The molecule has 7 aromatic heterocycles. The fraction of sp³-hybridized carbons (Fsp3) is 0.192. The molecule has 28 nitrogen and oxygen atoms in total. The van der Waals surface area contributed by atoms with Gasteiger partial charge in [-0.05, 0) is 312 Å². The molecule has 19 rings (SSSR count). The number of ketones is 1. The normalized spacial score (nSPS) is 12.0. The number of esters is 1. The van der Waals surface area contributed by atoms with Gasteiger partial charge in [0.1, 0.15) is 29.8 Å². The molecule has 0 amide bonds. The minimum absolute atomic E-state index is 0.0428. The van der Waals surface area contributed by atoms with Crippen molar-refractivity contribution in [2.45, 2.75) is 97.2 Å². The number of hydrogen-bond acceptors (Lipinski definition) is 23. The zero-order valence-electron chi connectivity index (χ0n) is 80.3. The molecule has 1 aliphatic heterocycles. The van der Waals surface area contributed by atoms with Gasteiger partial charge < -0.3 is 31.0 Å². The van der Waals surface area contributed by atoms with Crippen LogP contribution >= 0.6 is 229 Å². The van der Waals surface area contributed by atoms with E-state index >= 15 is 0 Å². The van der Waals surface area contributed by atoms with E-state index < -0.39 is 59.3 Å². The Bertz CT molecular complexity index is 7350. The number of hydrogen-bond donors (Lipinski definition) is 3. The number of nitrogens with one attached hydrogen (secondary N) is 1. The van der Waals surface area contributed by atoms with Crippen molar-refractivity contribution in [3.05, 3.63) is 395 Å². The van der Waals surface area contributed by atoms with Gasteiger partial charge in [0, 0.05) is 134 Å². The lowest BCUT2D eigenvalue weighted by atomic mass is 9.87. The molecule has 0 bridgehead atoms.